The Bertz CT molecular complexity index is 388. The molecule has 0 heterocycles. The second kappa shape index (κ2) is 6.58. The maximum atomic E-state index is 5.85. The van der Waals surface area contributed by atoms with E-state index >= 15 is 0 Å². The number of nitrogens with one attached hydrogen (secondary N) is 1. The number of halogens is 1. The van der Waals surface area contributed by atoms with Crippen molar-refractivity contribution in [2.45, 2.75) is 45.7 Å². The van der Waals surface area contributed by atoms with E-state index in [4.69, 9.17) is 4.74 Å². The normalized spacial score (nSPS) is 15.8. The van der Waals surface area contributed by atoms with Crippen LogP contribution in [0.1, 0.15) is 38.7 Å². The number of benzene rings is 1. The van der Waals surface area contributed by atoms with Gasteiger partial charge in [0.05, 0.1) is 11.1 Å². The molecular formula is C15H22BrNO. The maximum absolute atomic E-state index is 5.85. The summed E-state index contributed by atoms with van der Waals surface area (Å²) in [4.78, 5) is 0. The van der Waals surface area contributed by atoms with Gasteiger partial charge in [-0.1, -0.05) is 26.3 Å². The smallest absolute Gasteiger partial charge is 0.133 e. The van der Waals surface area contributed by atoms with E-state index in [-0.39, 0.29) is 0 Å². The molecule has 0 spiro atoms. The van der Waals surface area contributed by atoms with E-state index in [1.807, 2.05) is 0 Å². The molecule has 0 amide bonds. The predicted octanol–water partition coefficient (Wildman–Crippen LogP) is 4.13. The predicted molar refractivity (Wildman–Crippen MR) is 79.0 cm³/mol. The molecule has 1 aliphatic carbocycles. The Balaban J connectivity index is 1.87. The quantitative estimate of drug-likeness (QED) is 0.853. The second-order valence-electron chi connectivity index (χ2n) is 5.41. The molecule has 0 aliphatic heterocycles. The highest BCUT2D eigenvalue weighted by Crippen LogP contribution is 2.30. The first-order valence-corrected chi connectivity index (χ1v) is 7.59. The third kappa shape index (κ3) is 3.99. The monoisotopic (exact) mass is 311 g/mol. The van der Waals surface area contributed by atoms with Gasteiger partial charge in [-0.15, -0.1) is 0 Å². The van der Waals surface area contributed by atoms with Gasteiger partial charge in [0.25, 0.3) is 0 Å². The van der Waals surface area contributed by atoms with Crippen molar-refractivity contribution in [3.63, 3.8) is 0 Å². The lowest BCUT2D eigenvalue weighted by Crippen LogP contribution is -2.22. The van der Waals surface area contributed by atoms with Crippen LogP contribution in [0.25, 0.3) is 0 Å². The number of ether oxygens (including phenoxy) is 1. The zero-order valence-corrected chi connectivity index (χ0v) is 12.8. The van der Waals surface area contributed by atoms with Gasteiger partial charge in [-0.05, 0) is 52.4 Å². The van der Waals surface area contributed by atoms with Gasteiger partial charge >= 0.3 is 0 Å². The molecule has 2 rings (SSSR count). The summed E-state index contributed by atoms with van der Waals surface area (Å²) in [6.07, 6.45) is 4.02. The third-order valence-corrected chi connectivity index (χ3v) is 4.03. The minimum Gasteiger partial charge on any atom is -0.492 e. The summed E-state index contributed by atoms with van der Waals surface area (Å²) in [5.74, 6) is 1.74. The average molecular weight is 312 g/mol. The molecule has 18 heavy (non-hydrogen) atoms. The van der Waals surface area contributed by atoms with Gasteiger partial charge in [-0.2, -0.15) is 0 Å². The number of rotatable bonds is 6. The van der Waals surface area contributed by atoms with E-state index < -0.39 is 0 Å². The molecule has 1 saturated carbocycles. The first kappa shape index (κ1) is 13.9. The van der Waals surface area contributed by atoms with Crippen molar-refractivity contribution in [1.29, 1.82) is 0 Å². The maximum Gasteiger partial charge on any atom is 0.133 e. The van der Waals surface area contributed by atoms with E-state index in [1.165, 1.54) is 24.8 Å². The van der Waals surface area contributed by atoms with Crippen molar-refractivity contribution in [1.82, 2.24) is 5.32 Å². The zero-order valence-electron chi connectivity index (χ0n) is 11.2. The number of hydrogen-bond donors (Lipinski definition) is 1. The van der Waals surface area contributed by atoms with Crippen LogP contribution in [0.15, 0.2) is 22.7 Å². The lowest BCUT2D eigenvalue weighted by atomic mass is 9.86. The van der Waals surface area contributed by atoms with Crippen LogP contribution in [0.5, 0.6) is 5.75 Å². The van der Waals surface area contributed by atoms with Crippen molar-refractivity contribution >= 4 is 15.9 Å². The van der Waals surface area contributed by atoms with Crippen LogP contribution in [-0.2, 0) is 6.54 Å². The van der Waals surface area contributed by atoms with Crippen molar-refractivity contribution in [3.05, 3.63) is 28.2 Å². The van der Waals surface area contributed by atoms with Gasteiger partial charge in [0.15, 0.2) is 0 Å². The van der Waals surface area contributed by atoms with Gasteiger partial charge < -0.3 is 10.1 Å². The molecule has 0 unspecified atom stereocenters. The first-order chi connectivity index (χ1) is 8.65. The van der Waals surface area contributed by atoms with E-state index in [0.717, 1.165) is 29.3 Å². The van der Waals surface area contributed by atoms with Crippen LogP contribution in [-0.4, -0.2) is 12.6 Å². The summed E-state index contributed by atoms with van der Waals surface area (Å²) >= 11 is 3.59. The molecule has 0 bridgehead atoms. The van der Waals surface area contributed by atoms with Gasteiger partial charge in [0, 0.05) is 12.6 Å². The molecular weight excluding hydrogens is 290 g/mol. The van der Waals surface area contributed by atoms with Crippen molar-refractivity contribution in [2.75, 3.05) is 6.61 Å². The van der Waals surface area contributed by atoms with Crippen molar-refractivity contribution < 1.29 is 4.74 Å². The summed E-state index contributed by atoms with van der Waals surface area (Å²) in [7, 11) is 0. The Morgan fingerprint density at radius 3 is 2.72 bits per heavy atom. The average Bonchev–Trinajstić information content (AvgIpc) is 2.26. The summed E-state index contributed by atoms with van der Waals surface area (Å²) in [5, 5.41) is 3.42. The van der Waals surface area contributed by atoms with E-state index in [9.17, 15) is 0 Å². The van der Waals surface area contributed by atoms with Crippen LogP contribution >= 0.6 is 15.9 Å². The Kier molecular flexibility index (Phi) is 5.07. The molecule has 100 valence electrons. The Morgan fingerprint density at radius 2 is 2.17 bits per heavy atom. The number of hydrogen-bond acceptors (Lipinski definition) is 2. The Morgan fingerprint density at radius 1 is 1.39 bits per heavy atom. The largest absolute Gasteiger partial charge is 0.492 e. The molecule has 1 aromatic rings. The molecule has 1 N–H and O–H groups in total. The van der Waals surface area contributed by atoms with Gasteiger partial charge in [-0.3, -0.25) is 0 Å². The Labute approximate surface area is 118 Å². The van der Waals surface area contributed by atoms with Crippen LogP contribution in [0.3, 0.4) is 0 Å². The summed E-state index contributed by atoms with van der Waals surface area (Å²) < 4.78 is 6.91. The third-order valence-electron chi connectivity index (χ3n) is 3.41. The zero-order chi connectivity index (χ0) is 13.0. The molecule has 1 aliphatic rings. The highest BCUT2D eigenvalue weighted by Gasteiger charge is 2.18. The van der Waals surface area contributed by atoms with Crippen LogP contribution < -0.4 is 10.1 Å². The molecule has 0 aromatic heterocycles. The first-order valence-electron chi connectivity index (χ1n) is 6.80. The fourth-order valence-corrected chi connectivity index (χ4v) is 2.50. The lowest BCUT2D eigenvalue weighted by Gasteiger charge is -2.25. The summed E-state index contributed by atoms with van der Waals surface area (Å²) in [6, 6.07) is 6.86. The molecule has 2 nitrogen and oxygen atoms in total. The highest BCUT2D eigenvalue weighted by molar-refractivity contribution is 9.10. The van der Waals surface area contributed by atoms with Crippen molar-refractivity contribution in [2.24, 2.45) is 5.92 Å². The molecule has 0 radical (unpaired) electrons. The van der Waals surface area contributed by atoms with E-state index in [2.05, 4.69) is 53.3 Å². The summed E-state index contributed by atoms with van der Waals surface area (Å²) in [5.41, 5.74) is 1.28. The topological polar surface area (TPSA) is 21.3 Å². The van der Waals surface area contributed by atoms with Gasteiger partial charge in [-0.25, -0.2) is 0 Å². The molecule has 0 saturated heterocycles. The summed E-state index contributed by atoms with van der Waals surface area (Å²) in [6.45, 7) is 6.08. The van der Waals surface area contributed by atoms with Crippen LogP contribution in [0.4, 0.5) is 0 Å². The van der Waals surface area contributed by atoms with Gasteiger partial charge in [0.1, 0.15) is 5.75 Å². The fraction of sp³-hybridized carbons (Fsp3) is 0.600. The van der Waals surface area contributed by atoms with Crippen LogP contribution in [0.2, 0.25) is 0 Å². The Hall–Kier alpha value is -0.540. The fourth-order valence-electron chi connectivity index (χ4n) is 1.96. The van der Waals surface area contributed by atoms with Crippen LogP contribution in [0, 0.1) is 5.92 Å². The molecule has 0 atom stereocenters. The van der Waals surface area contributed by atoms with E-state index in [1.54, 1.807) is 0 Å². The van der Waals surface area contributed by atoms with E-state index in [0.29, 0.717) is 6.04 Å². The lowest BCUT2D eigenvalue weighted by molar-refractivity contribution is 0.180. The SMILES string of the molecule is CC(C)NCc1ccc(OCC2CCC2)c(Br)c1. The van der Waals surface area contributed by atoms with Gasteiger partial charge in [0.2, 0.25) is 0 Å². The second-order valence-corrected chi connectivity index (χ2v) is 6.26. The molecule has 1 fully saturated rings. The minimum atomic E-state index is 0.512. The molecule has 1 aromatic carbocycles. The minimum absolute atomic E-state index is 0.512. The molecule has 3 heteroatoms. The van der Waals surface area contributed by atoms with Crippen molar-refractivity contribution in [3.8, 4) is 5.75 Å². The standard InChI is InChI=1S/C15H22BrNO/c1-11(2)17-9-13-6-7-15(14(16)8-13)18-10-12-4-3-5-12/h6-8,11-12,17H,3-5,9-10H2,1-2H3. The highest BCUT2D eigenvalue weighted by atomic mass is 79.9.